The first kappa shape index (κ1) is 7.87. The molecule has 0 fully saturated rings. The molecule has 0 saturated heterocycles. The third-order valence-electron chi connectivity index (χ3n) is 0.316. The highest BCUT2D eigenvalue weighted by Gasteiger charge is 1.94. The molecule has 0 aliphatic carbocycles. The molecule has 0 bridgehead atoms. The Balaban J connectivity index is 3.98. The Hall–Kier alpha value is -1.13. The molecular formula is C5H4O3S. The lowest BCUT2D eigenvalue weighted by Crippen LogP contribution is -1.95. The smallest absolute Gasteiger partial charge is 0.314 e. The van der Waals surface area contributed by atoms with Gasteiger partial charge in [-0.3, -0.25) is 0 Å². The van der Waals surface area contributed by atoms with E-state index in [-0.39, 0.29) is 0 Å². The molecule has 0 saturated carbocycles. The van der Waals surface area contributed by atoms with Crippen LogP contribution in [-0.4, -0.2) is 14.7 Å². The van der Waals surface area contributed by atoms with Gasteiger partial charge in [-0.15, -0.1) is 6.42 Å². The van der Waals surface area contributed by atoms with Crippen molar-refractivity contribution in [3.63, 3.8) is 0 Å². The number of hydrogen-bond donors (Lipinski definition) is 0. The van der Waals surface area contributed by atoms with E-state index in [9.17, 15) is 8.42 Å². The second kappa shape index (κ2) is 3.01. The summed E-state index contributed by atoms with van der Waals surface area (Å²) in [5.74, 6) is 3.87. The molecule has 0 heterocycles. The zero-order valence-corrected chi connectivity index (χ0v) is 5.53. The first-order valence-electron chi connectivity index (χ1n) is 1.90. The van der Waals surface area contributed by atoms with Gasteiger partial charge in [-0.1, -0.05) is 0 Å². The van der Waals surface area contributed by atoms with Crippen LogP contribution in [0.25, 0.3) is 0 Å². The van der Waals surface area contributed by atoms with Crippen molar-refractivity contribution in [2.75, 3.05) is 6.26 Å². The van der Waals surface area contributed by atoms with Gasteiger partial charge < -0.3 is 4.18 Å². The minimum absolute atomic E-state index is 0.887. The Morgan fingerprint density at radius 3 is 2.44 bits per heavy atom. The average Bonchev–Trinajstić information content (AvgIpc) is 1.63. The molecule has 0 aliphatic heterocycles. The fourth-order valence-corrected chi connectivity index (χ4v) is 0.319. The number of hydrogen-bond acceptors (Lipinski definition) is 3. The van der Waals surface area contributed by atoms with Crippen LogP contribution >= 0.6 is 0 Å². The topological polar surface area (TPSA) is 43.4 Å². The number of rotatable bonds is 1. The normalized spacial score (nSPS) is 8.44. The summed E-state index contributed by atoms with van der Waals surface area (Å²) in [6.45, 7) is 0. The van der Waals surface area contributed by atoms with Gasteiger partial charge in [0.2, 0.25) is 0 Å². The van der Waals surface area contributed by atoms with E-state index in [0.717, 1.165) is 6.26 Å². The first-order chi connectivity index (χ1) is 4.06. The van der Waals surface area contributed by atoms with E-state index in [1.165, 1.54) is 0 Å². The lowest BCUT2D eigenvalue weighted by molar-refractivity contribution is 0.472. The standard InChI is InChI=1S/C5H4O3S/c1-3-4-5-8-9(2,6)7/h1H,2H3. The highest BCUT2D eigenvalue weighted by Crippen LogP contribution is 1.80. The van der Waals surface area contributed by atoms with Crippen molar-refractivity contribution in [2.45, 2.75) is 0 Å². The van der Waals surface area contributed by atoms with Crippen LogP contribution in [-0.2, 0) is 14.3 Å². The van der Waals surface area contributed by atoms with Crippen molar-refractivity contribution in [3.05, 3.63) is 0 Å². The van der Waals surface area contributed by atoms with Crippen LogP contribution < -0.4 is 0 Å². The van der Waals surface area contributed by atoms with E-state index >= 15 is 0 Å². The molecule has 0 amide bonds. The van der Waals surface area contributed by atoms with E-state index in [1.807, 2.05) is 11.8 Å². The van der Waals surface area contributed by atoms with Gasteiger partial charge in [0.15, 0.2) is 0 Å². The largest absolute Gasteiger partial charge is 0.327 e. The molecule has 0 N–H and O–H groups in total. The van der Waals surface area contributed by atoms with Crippen LogP contribution in [0.15, 0.2) is 0 Å². The van der Waals surface area contributed by atoms with Gasteiger partial charge in [0.05, 0.1) is 6.26 Å². The predicted octanol–water partition coefficient (Wildman–Crippen LogP) is -0.443. The van der Waals surface area contributed by atoms with Crippen molar-refractivity contribution >= 4 is 10.1 Å². The van der Waals surface area contributed by atoms with Crippen molar-refractivity contribution < 1.29 is 12.6 Å². The molecule has 48 valence electrons. The summed E-state index contributed by atoms with van der Waals surface area (Å²) in [6, 6.07) is 0. The summed E-state index contributed by atoms with van der Waals surface area (Å²) in [5.41, 5.74) is 0. The van der Waals surface area contributed by atoms with Gasteiger partial charge in [-0.2, -0.15) is 8.42 Å². The number of terminal acetylenes is 1. The van der Waals surface area contributed by atoms with Gasteiger partial charge >= 0.3 is 10.1 Å². The minimum atomic E-state index is -3.47. The maximum absolute atomic E-state index is 10.1. The Morgan fingerprint density at radius 1 is 1.56 bits per heavy atom. The summed E-state index contributed by atoms with van der Waals surface area (Å²) in [6.07, 6.45) is 7.35. The Kier molecular flexibility index (Phi) is 2.63. The van der Waals surface area contributed by atoms with Crippen molar-refractivity contribution in [2.24, 2.45) is 0 Å². The molecule has 0 aliphatic rings. The first-order valence-corrected chi connectivity index (χ1v) is 3.72. The lowest BCUT2D eigenvalue weighted by atomic mass is 10.7. The van der Waals surface area contributed by atoms with E-state index in [2.05, 4.69) is 10.6 Å². The van der Waals surface area contributed by atoms with Crippen LogP contribution in [0.4, 0.5) is 0 Å². The molecule has 0 rings (SSSR count). The molecular weight excluding hydrogens is 140 g/mol. The van der Waals surface area contributed by atoms with Crippen LogP contribution in [0.3, 0.4) is 0 Å². The highest BCUT2D eigenvalue weighted by atomic mass is 32.2. The average molecular weight is 144 g/mol. The zero-order chi connectivity index (χ0) is 7.33. The molecule has 0 aromatic carbocycles. The van der Waals surface area contributed by atoms with E-state index in [4.69, 9.17) is 0 Å². The molecule has 0 aromatic rings. The summed E-state index contributed by atoms with van der Waals surface area (Å²) >= 11 is 0. The molecule has 9 heavy (non-hydrogen) atoms. The van der Waals surface area contributed by atoms with Crippen LogP contribution in [0, 0.1) is 24.4 Å². The lowest BCUT2D eigenvalue weighted by Gasteiger charge is -1.85. The van der Waals surface area contributed by atoms with Crippen LogP contribution in [0.5, 0.6) is 0 Å². The zero-order valence-electron chi connectivity index (χ0n) is 4.71. The SMILES string of the molecule is C#CC#COS(C)(=O)=O. The Labute approximate surface area is 54.1 Å². The van der Waals surface area contributed by atoms with Gasteiger partial charge in [-0.05, 0) is 5.92 Å². The van der Waals surface area contributed by atoms with Crippen molar-refractivity contribution in [1.82, 2.24) is 0 Å². The molecule has 0 unspecified atom stereocenters. The van der Waals surface area contributed by atoms with Gasteiger partial charge in [-0.25, -0.2) is 0 Å². The predicted molar refractivity (Wildman–Crippen MR) is 32.5 cm³/mol. The van der Waals surface area contributed by atoms with Gasteiger partial charge in [0, 0.05) is 5.92 Å². The maximum Gasteiger partial charge on any atom is 0.314 e. The molecule has 0 radical (unpaired) electrons. The van der Waals surface area contributed by atoms with E-state index < -0.39 is 10.1 Å². The summed E-state index contributed by atoms with van der Waals surface area (Å²) < 4.78 is 24.2. The molecule has 0 spiro atoms. The minimum Gasteiger partial charge on any atom is -0.327 e. The van der Waals surface area contributed by atoms with Gasteiger partial charge in [0.25, 0.3) is 0 Å². The monoisotopic (exact) mass is 144 g/mol. The maximum atomic E-state index is 10.1. The fourth-order valence-electron chi connectivity index (χ4n) is 0.126. The third-order valence-corrected chi connectivity index (χ3v) is 0.702. The second-order valence-electron chi connectivity index (χ2n) is 1.16. The van der Waals surface area contributed by atoms with E-state index in [1.54, 1.807) is 6.11 Å². The molecule has 0 atom stereocenters. The highest BCUT2D eigenvalue weighted by molar-refractivity contribution is 7.86. The third kappa shape index (κ3) is 6.87. The molecule has 4 heteroatoms. The second-order valence-corrected chi connectivity index (χ2v) is 2.73. The molecule has 3 nitrogen and oxygen atoms in total. The van der Waals surface area contributed by atoms with Crippen LogP contribution in [0.2, 0.25) is 0 Å². The van der Waals surface area contributed by atoms with Gasteiger partial charge in [0.1, 0.15) is 6.11 Å². The Bertz CT molecular complexity index is 270. The molecule has 0 aromatic heterocycles. The summed E-state index contributed by atoms with van der Waals surface area (Å²) in [4.78, 5) is 0. The summed E-state index contributed by atoms with van der Waals surface area (Å²) in [5, 5.41) is 0. The fraction of sp³-hybridized carbons (Fsp3) is 0.200. The summed E-state index contributed by atoms with van der Waals surface area (Å²) in [7, 11) is -3.47. The Morgan fingerprint density at radius 2 is 2.11 bits per heavy atom. The van der Waals surface area contributed by atoms with E-state index in [0.29, 0.717) is 0 Å². The van der Waals surface area contributed by atoms with Crippen LogP contribution in [0.1, 0.15) is 0 Å². The quantitative estimate of drug-likeness (QED) is 0.370. The van der Waals surface area contributed by atoms with Crippen molar-refractivity contribution in [3.8, 4) is 24.4 Å². The van der Waals surface area contributed by atoms with Crippen molar-refractivity contribution in [1.29, 1.82) is 0 Å².